The first-order valence-electron chi connectivity index (χ1n) is 7.44. The zero-order chi connectivity index (χ0) is 16.2. The molecule has 0 aromatic heterocycles. The number of urea groups is 1. The molecule has 3 rings (SSSR count). The zero-order valence-corrected chi connectivity index (χ0v) is 14.8. The van der Waals surface area contributed by atoms with E-state index in [0.717, 1.165) is 34.0 Å². The number of piperazine rings is 1. The summed E-state index contributed by atoms with van der Waals surface area (Å²) in [5.41, 5.74) is 1.83. The van der Waals surface area contributed by atoms with Crippen LogP contribution in [0.25, 0.3) is 0 Å². The Labute approximate surface area is 149 Å². The van der Waals surface area contributed by atoms with Crippen LogP contribution in [0.5, 0.6) is 0 Å². The number of benzene rings is 2. The molecule has 2 aromatic rings. The van der Waals surface area contributed by atoms with Crippen LogP contribution in [0.2, 0.25) is 5.02 Å². The number of halogens is 2. The summed E-state index contributed by atoms with van der Waals surface area (Å²) in [7, 11) is 0. The lowest BCUT2D eigenvalue weighted by Crippen LogP contribution is -2.50. The molecule has 0 unspecified atom stereocenters. The lowest BCUT2D eigenvalue weighted by atomic mass is 10.2. The summed E-state index contributed by atoms with van der Waals surface area (Å²) in [6.07, 6.45) is 0. The number of para-hydroxylation sites is 1. The molecule has 0 bridgehead atoms. The number of rotatable bonds is 2. The van der Waals surface area contributed by atoms with Gasteiger partial charge in [0, 0.05) is 36.3 Å². The van der Waals surface area contributed by atoms with Gasteiger partial charge in [0.15, 0.2) is 0 Å². The third-order valence-electron chi connectivity index (χ3n) is 3.86. The second-order valence-electron chi connectivity index (χ2n) is 5.36. The van der Waals surface area contributed by atoms with E-state index < -0.39 is 0 Å². The van der Waals surface area contributed by atoms with Crippen molar-refractivity contribution in [3.05, 3.63) is 58.0 Å². The van der Waals surface area contributed by atoms with Crippen molar-refractivity contribution in [2.75, 3.05) is 36.4 Å². The van der Waals surface area contributed by atoms with Crippen molar-refractivity contribution >= 4 is 44.9 Å². The van der Waals surface area contributed by atoms with Crippen LogP contribution in [0.4, 0.5) is 16.2 Å². The Hall–Kier alpha value is -1.72. The van der Waals surface area contributed by atoms with E-state index in [4.69, 9.17) is 11.6 Å². The van der Waals surface area contributed by atoms with E-state index in [9.17, 15) is 4.79 Å². The average Bonchev–Trinajstić information content (AvgIpc) is 2.57. The van der Waals surface area contributed by atoms with Gasteiger partial charge < -0.3 is 15.1 Å². The number of anilines is 2. The van der Waals surface area contributed by atoms with Crippen LogP contribution >= 0.6 is 27.5 Å². The van der Waals surface area contributed by atoms with E-state index >= 15 is 0 Å². The minimum absolute atomic E-state index is 0.0638. The Bertz CT molecular complexity index is 684. The van der Waals surface area contributed by atoms with Crippen molar-refractivity contribution in [2.24, 2.45) is 0 Å². The van der Waals surface area contributed by atoms with Gasteiger partial charge in [0.2, 0.25) is 0 Å². The first kappa shape index (κ1) is 16.1. The molecule has 2 amide bonds. The molecule has 23 heavy (non-hydrogen) atoms. The van der Waals surface area contributed by atoms with E-state index in [-0.39, 0.29) is 6.03 Å². The Morgan fingerprint density at radius 2 is 1.65 bits per heavy atom. The molecule has 2 aromatic carbocycles. The number of nitrogens with zero attached hydrogens (tertiary/aromatic N) is 2. The van der Waals surface area contributed by atoms with Crippen LogP contribution in [0.15, 0.2) is 53.0 Å². The summed E-state index contributed by atoms with van der Waals surface area (Å²) >= 11 is 9.62. The summed E-state index contributed by atoms with van der Waals surface area (Å²) in [5.74, 6) is 0. The molecule has 1 saturated heterocycles. The summed E-state index contributed by atoms with van der Waals surface area (Å²) in [5, 5.41) is 3.68. The Morgan fingerprint density at radius 1 is 1.00 bits per heavy atom. The van der Waals surface area contributed by atoms with Gasteiger partial charge in [-0.3, -0.25) is 0 Å². The van der Waals surface area contributed by atoms with Gasteiger partial charge in [0.05, 0.1) is 10.7 Å². The van der Waals surface area contributed by atoms with Crippen molar-refractivity contribution in [3.8, 4) is 0 Å². The Morgan fingerprint density at radius 3 is 2.30 bits per heavy atom. The second kappa shape index (κ2) is 7.23. The molecule has 6 heteroatoms. The topological polar surface area (TPSA) is 35.6 Å². The molecule has 4 nitrogen and oxygen atoms in total. The molecule has 1 aliphatic heterocycles. The van der Waals surface area contributed by atoms with Gasteiger partial charge in [-0.2, -0.15) is 0 Å². The van der Waals surface area contributed by atoms with Crippen LogP contribution in [0, 0.1) is 0 Å². The summed E-state index contributed by atoms with van der Waals surface area (Å²) in [4.78, 5) is 16.4. The normalized spacial score (nSPS) is 14.7. The molecular weight excluding hydrogens is 378 g/mol. The van der Waals surface area contributed by atoms with Crippen LogP contribution in [-0.4, -0.2) is 37.1 Å². The van der Waals surface area contributed by atoms with Gasteiger partial charge in [-0.15, -0.1) is 0 Å². The van der Waals surface area contributed by atoms with E-state index in [1.165, 1.54) is 0 Å². The number of nitrogens with one attached hydrogen (secondary N) is 1. The molecule has 1 aliphatic rings. The van der Waals surface area contributed by atoms with E-state index in [2.05, 4.69) is 26.1 Å². The quantitative estimate of drug-likeness (QED) is 0.816. The fourth-order valence-corrected chi connectivity index (χ4v) is 3.11. The Kier molecular flexibility index (Phi) is 5.08. The highest BCUT2D eigenvalue weighted by atomic mass is 79.9. The first-order chi connectivity index (χ1) is 11.1. The highest BCUT2D eigenvalue weighted by Gasteiger charge is 2.22. The molecule has 0 atom stereocenters. The first-order valence-corrected chi connectivity index (χ1v) is 8.61. The molecule has 1 fully saturated rings. The molecule has 1 N–H and O–H groups in total. The lowest BCUT2D eigenvalue weighted by molar-refractivity contribution is 0.208. The number of amides is 2. The predicted octanol–water partition coefficient (Wildman–Crippen LogP) is 4.46. The fraction of sp³-hybridized carbons (Fsp3) is 0.235. The highest BCUT2D eigenvalue weighted by Crippen LogP contribution is 2.26. The van der Waals surface area contributed by atoms with Gasteiger partial charge in [0.25, 0.3) is 0 Å². The van der Waals surface area contributed by atoms with Gasteiger partial charge in [-0.05, 0) is 36.4 Å². The van der Waals surface area contributed by atoms with Gasteiger partial charge in [-0.1, -0.05) is 39.7 Å². The second-order valence-corrected chi connectivity index (χ2v) is 6.69. The molecule has 0 saturated carbocycles. The summed E-state index contributed by atoms with van der Waals surface area (Å²) in [6, 6.07) is 15.3. The SMILES string of the molecule is O=C(Nc1ccc(Br)cc1)N1CCN(c2ccccc2Cl)CC1. The zero-order valence-electron chi connectivity index (χ0n) is 12.5. The maximum Gasteiger partial charge on any atom is 0.321 e. The van der Waals surface area contributed by atoms with Gasteiger partial charge >= 0.3 is 6.03 Å². The van der Waals surface area contributed by atoms with Crippen LogP contribution in [-0.2, 0) is 0 Å². The predicted molar refractivity (Wildman–Crippen MR) is 98.4 cm³/mol. The van der Waals surface area contributed by atoms with Crippen molar-refractivity contribution in [2.45, 2.75) is 0 Å². The van der Waals surface area contributed by atoms with Crippen molar-refractivity contribution < 1.29 is 4.79 Å². The Balaban J connectivity index is 1.57. The monoisotopic (exact) mass is 393 g/mol. The van der Waals surface area contributed by atoms with E-state index in [1.54, 1.807) is 0 Å². The third-order valence-corrected chi connectivity index (χ3v) is 4.70. The van der Waals surface area contributed by atoms with Crippen molar-refractivity contribution in [1.82, 2.24) is 4.90 Å². The molecule has 0 spiro atoms. The maximum absolute atomic E-state index is 12.3. The van der Waals surface area contributed by atoms with E-state index in [1.807, 2.05) is 53.4 Å². The molecular formula is C17H17BrClN3O. The van der Waals surface area contributed by atoms with Crippen molar-refractivity contribution in [1.29, 1.82) is 0 Å². The molecule has 0 aliphatic carbocycles. The number of carbonyl (C=O) groups is 1. The number of carbonyl (C=O) groups excluding carboxylic acids is 1. The lowest BCUT2D eigenvalue weighted by Gasteiger charge is -2.36. The average molecular weight is 395 g/mol. The maximum atomic E-state index is 12.3. The van der Waals surface area contributed by atoms with Crippen LogP contribution < -0.4 is 10.2 Å². The van der Waals surface area contributed by atoms with Gasteiger partial charge in [-0.25, -0.2) is 4.79 Å². The van der Waals surface area contributed by atoms with Crippen molar-refractivity contribution in [3.63, 3.8) is 0 Å². The molecule has 1 heterocycles. The smallest absolute Gasteiger partial charge is 0.321 e. The van der Waals surface area contributed by atoms with Gasteiger partial charge in [0.1, 0.15) is 0 Å². The third kappa shape index (κ3) is 3.98. The number of hydrogen-bond acceptors (Lipinski definition) is 2. The number of hydrogen-bond donors (Lipinski definition) is 1. The fourth-order valence-electron chi connectivity index (χ4n) is 2.59. The minimum Gasteiger partial charge on any atom is -0.367 e. The minimum atomic E-state index is -0.0638. The largest absolute Gasteiger partial charge is 0.367 e. The molecule has 120 valence electrons. The highest BCUT2D eigenvalue weighted by molar-refractivity contribution is 9.10. The summed E-state index contributed by atoms with van der Waals surface area (Å²) < 4.78 is 0.990. The van der Waals surface area contributed by atoms with Crippen LogP contribution in [0.1, 0.15) is 0 Å². The summed E-state index contributed by atoms with van der Waals surface area (Å²) in [6.45, 7) is 2.90. The van der Waals surface area contributed by atoms with E-state index in [0.29, 0.717) is 13.1 Å². The van der Waals surface area contributed by atoms with Crippen LogP contribution in [0.3, 0.4) is 0 Å². The molecule has 0 radical (unpaired) electrons. The standard InChI is InChI=1S/C17H17BrClN3O/c18-13-5-7-14(8-6-13)20-17(23)22-11-9-21(10-12-22)16-4-2-1-3-15(16)19/h1-8H,9-12H2,(H,20,23).